The van der Waals surface area contributed by atoms with E-state index >= 15 is 0 Å². The summed E-state index contributed by atoms with van der Waals surface area (Å²) in [7, 11) is 2.83. The van der Waals surface area contributed by atoms with Crippen LogP contribution in [0.5, 0.6) is 5.75 Å². The normalized spacial score (nSPS) is 18.1. The number of rotatable bonds is 4. The number of thioether (sulfide) groups is 1. The van der Waals surface area contributed by atoms with Crippen LogP contribution < -0.4 is 9.64 Å². The van der Waals surface area contributed by atoms with Gasteiger partial charge in [-0.15, -0.1) is 0 Å². The number of nitrogens with zero attached hydrogens (tertiary/aromatic N) is 2. The van der Waals surface area contributed by atoms with Gasteiger partial charge in [0, 0.05) is 18.7 Å². The average molecular weight is 320 g/mol. The Morgan fingerprint density at radius 3 is 2.82 bits per heavy atom. The van der Waals surface area contributed by atoms with Crippen LogP contribution in [0.2, 0.25) is 0 Å². The Hall–Kier alpha value is -2.28. The smallest absolute Gasteiger partial charge is 0.331 e. The Kier molecular flexibility index (Phi) is 5.21. The monoisotopic (exact) mass is 320 g/mol. The number of benzene rings is 1. The largest absolute Gasteiger partial charge is 0.497 e. The second-order valence-corrected chi connectivity index (χ2v) is 5.24. The molecule has 0 N–H and O–H groups in total. The van der Waals surface area contributed by atoms with Crippen molar-refractivity contribution in [2.75, 3.05) is 25.7 Å². The summed E-state index contributed by atoms with van der Waals surface area (Å²) in [5.41, 5.74) is 0.636. The third-order valence-corrected chi connectivity index (χ3v) is 3.87. The quantitative estimate of drug-likeness (QED) is 0.628. The second kappa shape index (κ2) is 7.13. The molecule has 0 aliphatic carbocycles. The van der Waals surface area contributed by atoms with Crippen molar-refractivity contribution in [3.05, 3.63) is 35.2 Å². The lowest BCUT2D eigenvalue weighted by Gasteiger charge is -2.16. The Morgan fingerprint density at radius 2 is 2.18 bits per heavy atom. The highest BCUT2D eigenvalue weighted by Gasteiger charge is 2.35. The van der Waals surface area contributed by atoms with E-state index in [0.29, 0.717) is 23.1 Å². The van der Waals surface area contributed by atoms with Gasteiger partial charge in [0.2, 0.25) is 0 Å². The first-order chi connectivity index (χ1) is 10.6. The summed E-state index contributed by atoms with van der Waals surface area (Å²) in [6.07, 6.45) is 1.18. The van der Waals surface area contributed by atoms with Crippen LogP contribution in [0, 0.1) is 0 Å². The van der Waals surface area contributed by atoms with E-state index < -0.39 is 5.97 Å². The maximum Gasteiger partial charge on any atom is 0.331 e. The van der Waals surface area contributed by atoms with Crippen LogP contribution in [0.4, 0.5) is 5.69 Å². The van der Waals surface area contributed by atoms with Gasteiger partial charge in [0.15, 0.2) is 5.17 Å². The van der Waals surface area contributed by atoms with Crippen LogP contribution in [-0.2, 0) is 14.3 Å². The Balaban J connectivity index is 2.43. The molecule has 0 radical (unpaired) electrons. The third-order valence-electron chi connectivity index (χ3n) is 2.86. The van der Waals surface area contributed by atoms with Gasteiger partial charge in [-0.2, -0.15) is 0 Å². The maximum absolute atomic E-state index is 12.5. The fraction of sp³-hybridized carbons (Fsp3) is 0.267. The van der Waals surface area contributed by atoms with Gasteiger partial charge in [-0.1, -0.05) is 6.07 Å². The molecule has 0 atom stereocenters. The van der Waals surface area contributed by atoms with Crippen LogP contribution in [0.3, 0.4) is 0 Å². The fourth-order valence-corrected chi connectivity index (χ4v) is 2.86. The molecule has 1 aromatic rings. The molecule has 1 heterocycles. The second-order valence-electron chi connectivity index (χ2n) is 4.23. The molecule has 1 fully saturated rings. The van der Waals surface area contributed by atoms with Crippen molar-refractivity contribution in [1.29, 1.82) is 0 Å². The van der Waals surface area contributed by atoms with Crippen molar-refractivity contribution in [1.82, 2.24) is 0 Å². The van der Waals surface area contributed by atoms with Crippen LogP contribution in [0.15, 0.2) is 40.2 Å². The van der Waals surface area contributed by atoms with E-state index in [2.05, 4.69) is 9.73 Å². The molecule has 0 saturated carbocycles. The Morgan fingerprint density at radius 1 is 1.41 bits per heavy atom. The van der Waals surface area contributed by atoms with Gasteiger partial charge >= 0.3 is 5.97 Å². The van der Waals surface area contributed by atoms with Crippen molar-refractivity contribution in [3.8, 4) is 5.75 Å². The topological polar surface area (TPSA) is 68.2 Å². The number of carbonyl (C=O) groups excluding carboxylic acids is 2. The lowest BCUT2D eigenvalue weighted by atomic mass is 10.2. The summed E-state index contributed by atoms with van der Waals surface area (Å²) in [6, 6.07) is 7.11. The molecule has 116 valence electrons. The SMILES string of the molecule is CCN=C1S/C(=C/C(=O)OC)C(=O)N1c1cccc(OC)c1. The van der Waals surface area contributed by atoms with E-state index in [1.165, 1.54) is 18.1 Å². The zero-order chi connectivity index (χ0) is 16.1. The number of ether oxygens (including phenoxy) is 2. The van der Waals surface area contributed by atoms with Crippen molar-refractivity contribution < 1.29 is 19.1 Å². The lowest BCUT2D eigenvalue weighted by Crippen LogP contribution is -2.29. The molecule has 0 aromatic heterocycles. The number of amides is 1. The van der Waals surface area contributed by atoms with Crippen molar-refractivity contribution in [2.45, 2.75) is 6.92 Å². The minimum absolute atomic E-state index is 0.280. The molecule has 1 aliphatic rings. The van der Waals surface area contributed by atoms with E-state index in [4.69, 9.17) is 4.74 Å². The minimum Gasteiger partial charge on any atom is -0.497 e. The van der Waals surface area contributed by atoms with Crippen LogP contribution in [0.1, 0.15) is 6.92 Å². The summed E-state index contributed by atoms with van der Waals surface area (Å²) in [5, 5.41) is 0.524. The number of carbonyl (C=O) groups is 2. The number of anilines is 1. The number of hydrogen-bond acceptors (Lipinski definition) is 6. The molecule has 22 heavy (non-hydrogen) atoms. The molecule has 6 nitrogen and oxygen atoms in total. The molecular weight excluding hydrogens is 304 g/mol. The number of amidine groups is 1. The predicted molar refractivity (Wildman–Crippen MR) is 86.1 cm³/mol. The van der Waals surface area contributed by atoms with Crippen molar-refractivity contribution in [3.63, 3.8) is 0 Å². The van der Waals surface area contributed by atoms with E-state index in [1.54, 1.807) is 31.4 Å². The van der Waals surface area contributed by atoms with Gasteiger partial charge in [0.25, 0.3) is 5.91 Å². The van der Waals surface area contributed by atoms with Crippen molar-refractivity contribution in [2.24, 2.45) is 4.99 Å². The van der Waals surface area contributed by atoms with Gasteiger partial charge < -0.3 is 9.47 Å². The van der Waals surface area contributed by atoms with E-state index in [0.717, 1.165) is 11.8 Å². The van der Waals surface area contributed by atoms with Gasteiger partial charge in [0.1, 0.15) is 5.75 Å². The summed E-state index contributed by atoms with van der Waals surface area (Å²) < 4.78 is 9.75. The molecule has 1 aromatic carbocycles. The molecule has 0 bridgehead atoms. The summed E-state index contributed by atoms with van der Waals surface area (Å²) in [4.78, 5) is 30.0. The summed E-state index contributed by atoms with van der Waals surface area (Å²) in [6.45, 7) is 2.41. The minimum atomic E-state index is -0.570. The first-order valence-electron chi connectivity index (χ1n) is 6.61. The van der Waals surface area contributed by atoms with Gasteiger partial charge in [-0.3, -0.25) is 14.7 Å². The molecule has 0 unspecified atom stereocenters. The van der Waals surface area contributed by atoms with Gasteiger partial charge in [-0.05, 0) is 30.8 Å². The number of methoxy groups -OCH3 is 2. The zero-order valence-electron chi connectivity index (χ0n) is 12.5. The Bertz CT molecular complexity index is 655. The lowest BCUT2D eigenvalue weighted by molar-refractivity contribution is -0.135. The van der Waals surface area contributed by atoms with Crippen molar-refractivity contribution >= 4 is 34.5 Å². The molecule has 1 amide bonds. The summed E-state index contributed by atoms with van der Waals surface area (Å²) >= 11 is 1.15. The van der Waals surface area contributed by atoms with Crippen LogP contribution >= 0.6 is 11.8 Å². The zero-order valence-corrected chi connectivity index (χ0v) is 13.3. The highest BCUT2D eigenvalue weighted by Crippen LogP contribution is 2.35. The highest BCUT2D eigenvalue weighted by molar-refractivity contribution is 8.19. The number of esters is 1. The van der Waals surface area contributed by atoms with E-state index in [1.807, 2.05) is 6.92 Å². The van der Waals surface area contributed by atoms with Crippen LogP contribution in [-0.4, -0.2) is 37.8 Å². The first-order valence-corrected chi connectivity index (χ1v) is 7.42. The first kappa shape index (κ1) is 16.1. The Labute approximate surface area is 132 Å². The molecule has 2 rings (SSSR count). The number of aliphatic imine (C=N–C) groups is 1. The van der Waals surface area contributed by atoms with E-state index in [9.17, 15) is 9.59 Å². The predicted octanol–water partition coefficient (Wildman–Crippen LogP) is 2.21. The fourth-order valence-electron chi connectivity index (χ4n) is 1.86. The molecule has 1 saturated heterocycles. The van der Waals surface area contributed by atoms with Crippen LogP contribution in [0.25, 0.3) is 0 Å². The molecular formula is C15H16N2O4S. The standard InChI is InChI=1S/C15H16N2O4S/c1-4-16-15-17(10-6-5-7-11(8-10)20-2)14(19)12(22-15)9-13(18)21-3/h5-9H,4H2,1-3H3/b12-9+,16-15?. The van der Waals surface area contributed by atoms with Gasteiger partial charge in [0.05, 0.1) is 24.8 Å². The summed E-state index contributed by atoms with van der Waals surface area (Å²) in [5.74, 6) is -0.244. The third kappa shape index (κ3) is 3.30. The maximum atomic E-state index is 12.5. The molecule has 0 spiro atoms. The van der Waals surface area contributed by atoms with Gasteiger partial charge in [-0.25, -0.2) is 4.79 Å². The molecule has 7 heteroatoms. The molecule has 1 aliphatic heterocycles. The van der Waals surface area contributed by atoms with E-state index in [-0.39, 0.29) is 10.8 Å². The highest BCUT2D eigenvalue weighted by atomic mass is 32.2. The average Bonchev–Trinajstić information content (AvgIpc) is 2.83. The number of hydrogen-bond donors (Lipinski definition) is 0.